The summed E-state index contributed by atoms with van der Waals surface area (Å²) in [6, 6.07) is 1.97. The van der Waals surface area contributed by atoms with Gasteiger partial charge in [-0.05, 0) is 44.6 Å². The van der Waals surface area contributed by atoms with Crippen LogP contribution in [0.25, 0.3) is 0 Å². The second-order valence-corrected chi connectivity index (χ2v) is 9.49. The van der Waals surface area contributed by atoms with Gasteiger partial charge in [0, 0.05) is 28.9 Å². The van der Waals surface area contributed by atoms with E-state index in [0.717, 1.165) is 29.0 Å². The average Bonchev–Trinajstić information content (AvgIpc) is 2.94. The molecule has 20 heavy (non-hydrogen) atoms. The summed E-state index contributed by atoms with van der Waals surface area (Å²) in [5.74, 6) is 0.798. The van der Waals surface area contributed by atoms with E-state index >= 15 is 0 Å². The van der Waals surface area contributed by atoms with Crippen LogP contribution in [-0.4, -0.2) is 31.9 Å². The molecule has 0 aromatic carbocycles. The Morgan fingerprint density at radius 1 is 1.30 bits per heavy atom. The second kappa shape index (κ2) is 5.09. The molecule has 2 fully saturated rings. The molecule has 0 amide bonds. The number of sulfonamides is 1. The van der Waals surface area contributed by atoms with Crippen molar-refractivity contribution in [1.82, 2.24) is 4.31 Å². The Kier molecular flexibility index (Phi) is 3.69. The third kappa shape index (κ3) is 2.32. The van der Waals surface area contributed by atoms with E-state index in [1.54, 1.807) is 21.7 Å². The van der Waals surface area contributed by atoms with Crippen LogP contribution in [0.5, 0.6) is 0 Å². The molecule has 1 aromatic heterocycles. The van der Waals surface area contributed by atoms with Gasteiger partial charge < -0.3 is 5.73 Å². The lowest BCUT2D eigenvalue weighted by atomic mass is 9.78. The molecule has 1 saturated heterocycles. The van der Waals surface area contributed by atoms with Gasteiger partial charge in [0.25, 0.3) is 0 Å². The topological polar surface area (TPSA) is 63.4 Å². The predicted octanol–water partition coefficient (Wildman–Crippen LogP) is 2.11. The van der Waals surface area contributed by atoms with E-state index in [1.807, 2.05) is 13.8 Å². The molecule has 1 saturated carbocycles. The number of nitrogens with two attached hydrogens (primary N) is 1. The van der Waals surface area contributed by atoms with E-state index in [9.17, 15) is 8.42 Å². The van der Waals surface area contributed by atoms with E-state index in [-0.39, 0.29) is 6.04 Å². The van der Waals surface area contributed by atoms with E-state index < -0.39 is 10.0 Å². The Morgan fingerprint density at radius 3 is 2.65 bits per heavy atom. The van der Waals surface area contributed by atoms with Crippen molar-refractivity contribution in [1.29, 1.82) is 0 Å². The monoisotopic (exact) mass is 314 g/mol. The summed E-state index contributed by atoms with van der Waals surface area (Å²) in [7, 11) is -3.34. The Balaban J connectivity index is 1.88. The van der Waals surface area contributed by atoms with Gasteiger partial charge in [-0.25, -0.2) is 8.42 Å². The minimum atomic E-state index is -3.34. The van der Waals surface area contributed by atoms with Crippen molar-refractivity contribution in [2.75, 3.05) is 13.1 Å². The molecule has 1 aliphatic carbocycles. The molecule has 4 nitrogen and oxygen atoms in total. The zero-order valence-electron chi connectivity index (χ0n) is 12.0. The summed E-state index contributed by atoms with van der Waals surface area (Å²) in [6.45, 7) is 5.09. The largest absolute Gasteiger partial charge is 0.327 e. The summed E-state index contributed by atoms with van der Waals surface area (Å²) in [4.78, 5) is 2.43. The van der Waals surface area contributed by atoms with Crippen LogP contribution in [0, 0.1) is 25.7 Å². The van der Waals surface area contributed by atoms with Gasteiger partial charge in [0.1, 0.15) is 0 Å². The number of nitrogens with zero attached hydrogens (tertiary/aromatic N) is 1. The van der Waals surface area contributed by atoms with E-state index in [2.05, 4.69) is 0 Å². The van der Waals surface area contributed by atoms with Crippen LogP contribution in [0.2, 0.25) is 0 Å². The van der Waals surface area contributed by atoms with Crippen molar-refractivity contribution < 1.29 is 8.42 Å². The molecular weight excluding hydrogens is 292 g/mol. The highest BCUT2D eigenvalue weighted by Crippen LogP contribution is 2.39. The molecule has 3 unspecified atom stereocenters. The molecule has 0 bridgehead atoms. The molecule has 2 N–H and O–H groups in total. The molecule has 3 atom stereocenters. The Hall–Kier alpha value is -0.430. The molecule has 0 spiro atoms. The van der Waals surface area contributed by atoms with Crippen molar-refractivity contribution in [3.63, 3.8) is 0 Å². The number of rotatable bonds is 2. The highest BCUT2D eigenvalue weighted by molar-refractivity contribution is 7.89. The number of aryl methyl sites for hydroxylation is 2. The third-order valence-corrected chi connectivity index (χ3v) is 7.79. The van der Waals surface area contributed by atoms with Crippen LogP contribution < -0.4 is 5.73 Å². The predicted molar refractivity (Wildman–Crippen MR) is 81.4 cm³/mol. The Bertz CT molecular complexity index is 609. The summed E-state index contributed by atoms with van der Waals surface area (Å²) in [5.41, 5.74) is 6.18. The van der Waals surface area contributed by atoms with Crippen LogP contribution in [0.15, 0.2) is 11.0 Å². The molecule has 0 radical (unpaired) electrons. The SMILES string of the molecule is Cc1cc(S(=O)(=O)N2CC3CCCC(N)C3C2)c(C)s1. The zero-order valence-corrected chi connectivity index (χ0v) is 13.6. The van der Waals surface area contributed by atoms with Crippen molar-refractivity contribution in [2.45, 2.75) is 44.0 Å². The van der Waals surface area contributed by atoms with Crippen molar-refractivity contribution >= 4 is 21.4 Å². The molecule has 2 aliphatic rings. The minimum Gasteiger partial charge on any atom is -0.327 e. The maximum atomic E-state index is 12.8. The van der Waals surface area contributed by atoms with Gasteiger partial charge in [-0.2, -0.15) is 4.31 Å². The molecule has 6 heteroatoms. The fourth-order valence-corrected chi connectivity index (χ4v) is 6.73. The van der Waals surface area contributed by atoms with Gasteiger partial charge in [0.2, 0.25) is 10.0 Å². The summed E-state index contributed by atoms with van der Waals surface area (Å²) < 4.78 is 27.3. The van der Waals surface area contributed by atoms with Gasteiger partial charge in [-0.1, -0.05) is 6.42 Å². The lowest BCUT2D eigenvalue weighted by molar-refractivity contribution is 0.260. The minimum absolute atomic E-state index is 0.166. The molecule has 1 aromatic rings. The molecular formula is C14H22N2O2S2. The van der Waals surface area contributed by atoms with Crippen LogP contribution in [0.4, 0.5) is 0 Å². The first-order chi connectivity index (χ1) is 9.39. The lowest BCUT2D eigenvalue weighted by Gasteiger charge is -2.29. The number of hydrogen-bond donors (Lipinski definition) is 1. The van der Waals surface area contributed by atoms with Crippen LogP contribution >= 0.6 is 11.3 Å². The summed E-state index contributed by atoms with van der Waals surface area (Å²) >= 11 is 1.55. The number of thiophene rings is 1. The highest BCUT2D eigenvalue weighted by Gasteiger charge is 2.43. The summed E-state index contributed by atoms with van der Waals surface area (Å²) in [6.07, 6.45) is 3.28. The van der Waals surface area contributed by atoms with Crippen LogP contribution in [-0.2, 0) is 10.0 Å². The number of fused-ring (bicyclic) bond motifs is 1. The molecule has 112 valence electrons. The van der Waals surface area contributed by atoms with Gasteiger partial charge >= 0.3 is 0 Å². The van der Waals surface area contributed by atoms with E-state index in [0.29, 0.717) is 29.8 Å². The lowest BCUT2D eigenvalue weighted by Crippen LogP contribution is -2.38. The average molecular weight is 314 g/mol. The zero-order chi connectivity index (χ0) is 14.5. The van der Waals surface area contributed by atoms with Crippen molar-refractivity contribution in [3.05, 3.63) is 15.8 Å². The highest BCUT2D eigenvalue weighted by atomic mass is 32.2. The fourth-order valence-electron chi connectivity index (χ4n) is 3.67. The van der Waals surface area contributed by atoms with Gasteiger partial charge in [0.05, 0.1) is 4.90 Å². The Labute approximate surface area is 125 Å². The quantitative estimate of drug-likeness (QED) is 0.909. The van der Waals surface area contributed by atoms with Crippen molar-refractivity contribution in [3.8, 4) is 0 Å². The van der Waals surface area contributed by atoms with E-state index in [4.69, 9.17) is 5.73 Å². The smallest absolute Gasteiger partial charge is 0.244 e. The maximum absolute atomic E-state index is 12.8. The second-order valence-electron chi connectivity index (χ2n) is 6.12. The first-order valence-electron chi connectivity index (χ1n) is 7.22. The van der Waals surface area contributed by atoms with Crippen LogP contribution in [0.3, 0.4) is 0 Å². The van der Waals surface area contributed by atoms with Crippen molar-refractivity contribution in [2.24, 2.45) is 17.6 Å². The van der Waals surface area contributed by atoms with Gasteiger partial charge in [-0.15, -0.1) is 11.3 Å². The van der Waals surface area contributed by atoms with E-state index in [1.165, 1.54) is 0 Å². The number of hydrogen-bond acceptors (Lipinski definition) is 4. The summed E-state index contributed by atoms with van der Waals surface area (Å²) in [5, 5.41) is 0. The van der Waals surface area contributed by atoms with Gasteiger partial charge in [-0.3, -0.25) is 0 Å². The first-order valence-corrected chi connectivity index (χ1v) is 9.48. The maximum Gasteiger partial charge on any atom is 0.244 e. The standard InChI is InChI=1S/C14H22N2O2S2/c1-9-6-14(10(2)19-9)20(17,18)16-7-11-4-3-5-13(15)12(11)8-16/h6,11-13H,3-5,7-8,15H2,1-2H3. The van der Waals surface area contributed by atoms with Gasteiger partial charge in [0.15, 0.2) is 0 Å². The molecule has 2 heterocycles. The van der Waals surface area contributed by atoms with Crippen LogP contribution in [0.1, 0.15) is 29.0 Å². The fraction of sp³-hybridized carbons (Fsp3) is 0.714. The third-order valence-electron chi connectivity index (χ3n) is 4.73. The Morgan fingerprint density at radius 2 is 2.05 bits per heavy atom. The normalized spacial score (nSPS) is 31.4. The first kappa shape index (κ1) is 14.5. The molecule has 3 rings (SSSR count). The molecule has 1 aliphatic heterocycles.